The van der Waals surface area contributed by atoms with E-state index in [1.807, 2.05) is 37.3 Å². The maximum Gasteiger partial charge on any atom is 0.416 e. The largest absolute Gasteiger partial charge is 0.466 e. The molecular formula is C30H36F6N2O3. The van der Waals surface area contributed by atoms with Crippen LogP contribution >= 0.6 is 0 Å². The van der Waals surface area contributed by atoms with E-state index in [1.54, 1.807) is 0 Å². The highest BCUT2D eigenvalue weighted by atomic mass is 19.4. The van der Waals surface area contributed by atoms with Crippen molar-refractivity contribution in [2.45, 2.75) is 63.7 Å². The first-order chi connectivity index (χ1) is 19.5. The minimum atomic E-state index is -4.90. The molecule has 0 bridgehead atoms. The minimum Gasteiger partial charge on any atom is -0.466 e. The second-order valence-electron chi connectivity index (χ2n) is 10.7. The predicted octanol–water partition coefficient (Wildman–Crippen LogP) is 6.72. The van der Waals surface area contributed by atoms with Gasteiger partial charge in [0.25, 0.3) is 0 Å². The summed E-state index contributed by atoms with van der Waals surface area (Å²) in [5.41, 5.74) is -1.91. The summed E-state index contributed by atoms with van der Waals surface area (Å²) in [6, 6.07) is 11.3. The van der Waals surface area contributed by atoms with Gasteiger partial charge >= 0.3 is 18.3 Å². The van der Waals surface area contributed by atoms with Crippen LogP contribution in [0.15, 0.2) is 48.5 Å². The molecule has 41 heavy (non-hydrogen) atoms. The Hall–Kier alpha value is -2.63. The smallest absolute Gasteiger partial charge is 0.416 e. The van der Waals surface area contributed by atoms with Gasteiger partial charge < -0.3 is 9.47 Å². The molecule has 226 valence electrons. The summed E-state index contributed by atoms with van der Waals surface area (Å²) < 4.78 is 90.5. The third kappa shape index (κ3) is 8.45. The molecule has 2 aromatic rings. The normalized spacial score (nSPS) is 21.9. The molecule has 1 atom stereocenters. The molecule has 0 radical (unpaired) electrons. The Morgan fingerprint density at radius 2 is 1.46 bits per heavy atom. The van der Waals surface area contributed by atoms with E-state index in [4.69, 9.17) is 9.47 Å². The maximum absolute atomic E-state index is 13.3. The Morgan fingerprint density at radius 1 is 0.878 bits per heavy atom. The van der Waals surface area contributed by atoms with Crippen LogP contribution < -0.4 is 0 Å². The molecule has 0 amide bonds. The first-order valence-corrected chi connectivity index (χ1v) is 14.0. The summed E-state index contributed by atoms with van der Waals surface area (Å²) in [4.78, 5) is 16.8. The van der Waals surface area contributed by atoms with E-state index in [0.717, 1.165) is 57.4 Å². The third-order valence-electron chi connectivity index (χ3n) is 8.00. The monoisotopic (exact) mass is 586 g/mol. The van der Waals surface area contributed by atoms with Crippen molar-refractivity contribution < 1.29 is 40.6 Å². The summed E-state index contributed by atoms with van der Waals surface area (Å²) in [6.07, 6.45) is -6.30. The first-order valence-electron chi connectivity index (χ1n) is 14.0. The van der Waals surface area contributed by atoms with Gasteiger partial charge in [0.15, 0.2) is 0 Å². The molecule has 2 aromatic carbocycles. The van der Waals surface area contributed by atoms with Crippen molar-refractivity contribution in [3.63, 3.8) is 0 Å². The van der Waals surface area contributed by atoms with Gasteiger partial charge in [0.1, 0.15) is 0 Å². The molecule has 1 aliphatic heterocycles. The number of carbonyl (C=O) groups is 1. The van der Waals surface area contributed by atoms with Gasteiger partial charge in [-0.25, -0.2) is 0 Å². The van der Waals surface area contributed by atoms with Crippen molar-refractivity contribution in [1.29, 1.82) is 0 Å². The fraction of sp³-hybridized carbons (Fsp3) is 0.567. The van der Waals surface area contributed by atoms with E-state index in [-0.39, 0.29) is 42.8 Å². The Morgan fingerprint density at radius 3 is 2.00 bits per heavy atom. The molecule has 1 heterocycles. The number of esters is 1. The Balaban J connectivity index is 1.37. The zero-order chi connectivity index (χ0) is 29.6. The quantitative estimate of drug-likeness (QED) is 0.241. The van der Waals surface area contributed by atoms with Gasteiger partial charge in [-0.2, -0.15) is 26.3 Å². The van der Waals surface area contributed by atoms with E-state index in [0.29, 0.717) is 24.8 Å². The molecule has 0 aromatic heterocycles. The van der Waals surface area contributed by atoms with Crippen molar-refractivity contribution in [2.24, 2.45) is 5.92 Å². The first kappa shape index (κ1) is 31.3. The summed E-state index contributed by atoms with van der Waals surface area (Å²) in [6.45, 7) is 5.06. The minimum absolute atomic E-state index is 0.0314. The third-order valence-corrected chi connectivity index (χ3v) is 8.00. The zero-order valence-corrected chi connectivity index (χ0v) is 23.0. The number of rotatable bonds is 9. The van der Waals surface area contributed by atoms with Crippen LogP contribution in [0, 0.1) is 5.92 Å². The second kappa shape index (κ2) is 13.6. The van der Waals surface area contributed by atoms with Gasteiger partial charge in [0, 0.05) is 32.2 Å². The number of alkyl halides is 6. The Bertz CT molecular complexity index is 1090. The van der Waals surface area contributed by atoms with E-state index in [1.165, 1.54) is 0 Å². The molecular weight excluding hydrogens is 550 g/mol. The fourth-order valence-electron chi connectivity index (χ4n) is 5.83. The number of halogens is 6. The SMILES string of the molecule is CCOC(=O)[C@H]1CC[C@H](N2CCN(C(COCc3cc(C(F)(F)F)cc(C(F)(F)F)c3)c3ccccc3)CC2)CC1. The molecule has 1 saturated carbocycles. The number of piperazine rings is 1. The number of benzene rings is 2. The number of hydrogen-bond donors (Lipinski definition) is 0. The van der Waals surface area contributed by atoms with E-state index >= 15 is 0 Å². The van der Waals surface area contributed by atoms with Gasteiger partial charge in [0.2, 0.25) is 0 Å². The summed E-state index contributed by atoms with van der Waals surface area (Å²) >= 11 is 0. The zero-order valence-electron chi connectivity index (χ0n) is 23.0. The highest BCUT2D eigenvalue weighted by Gasteiger charge is 2.37. The highest BCUT2D eigenvalue weighted by molar-refractivity contribution is 5.72. The average molecular weight is 587 g/mol. The topological polar surface area (TPSA) is 42.0 Å². The molecule has 1 unspecified atom stereocenters. The van der Waals surface area contributed by atoms with E-state index < -0.39 is 23.5 Å². The Labute approximate surface area is 236 Å². The van der Waals surface area contributed by atoms with Crippen LogP contribution in [0.4, 0.5) is 26.3 Å². The Kier molecular flexibility index (Phi) is 10.4. The number of hydrogen-bond acceptors (Lipinski definition) is 5. The standard InChI is InChI=1S/C30H36F6N2O3/c1-2-41-28(39)23-8-10-26(11-9-23)37-12-14-38(15-13-37)27(22-6-4-3-5-7-22)20-40-19-21-16-24(29(31,32)33)18-25(17-21)30(34,35)36/h3-7,16-18,23,26-27H,2,8-15,19-20H2,1H3/t23-,26-,27?. The molecule has 11 heteroatoms. The molecule has 2 aliphatic rings. The molecule has 5 nitrogen and oxygen atoms in total. The average Bonchev–Trinajstić information content (AvgIpc) is 2.95. The van der Waals surface area contributed by atoms with Gasteiger partial charge in [-0.15, -0.1) is 0 Å². The van der Waals surface area contributed by atoms with Crippen LogP contribution in [-0.4, -0.2) is 61.2 Å². The fourth-order valence-corrected chi connectivity index (χ4v) is 5.83. The van der Waals surface area contributed by atoms with Crippen molar-refractivity contribution >= 4 is 5.97 Å². The van der Waals surface area contributed by atoms with Crippen LogP contribution in [0.3, 0.4) is 0 Å². The summed E-state index contributed by atoms with van der Waals surface area (Å²) in [7, 11) is 0. The van der Waals surface area contributed by atoms with Crippen LogP contribution in [-0.2, 0) is 33.2 Å². The van der Waals surface area contributed by atoms with Gasteiger partial charge in [0.05, 0.1) is 42.9 Å². The van der Waals surface area contributed by atoms with Crippen LogP contribution in [0.25, 0.3) is 0 Å². The predicted molar refractivity (Wildman–Crippen MR) is 141 cm³/mol. The molecule has 1 aliphatic carbocycles. The van der Waals surface area contributed by atoms with Crippen LogP contribution in [0.2, 0.25) is 0 Å². The lowest BCUT2D eigenvalue weighted by Crippen LogP contribution is -2.52. The lowest BCUT2D eigenvalue weighted by atomic mass is 9.85. The van der Waals surface area contributed by atoms with Crippen molar-refractivity contribution in [3.05, 3.63) is 70.8 Å². The number of nitrogens with zero attached hydrogens (tertiary/aromatic N) is 2. The van der Waals surface area contributed by atoms with Crippen molar-refractivity contribution in [3.8, 4) is 0 Å². The van der Waals surface area contributed by atoms with Gasteiger partial charge in [-0.05, 0) is 61.9 Å². The molecule has 0 N–H and O–H groups in total. The van der Waals surface area contributed by atoms with Crippen molar-refractivity contribution in [1.82, 2.24) is 9.80 Å². The van der Waals surface area contributed by atoms with Gasteiger partial charge in [-0.3, -0.25) is 14.6 Å². The van der Waals surface area contributed by atoms with Crippen LogP contribution in [0.5, 0.6) is 0 Å². The summed E-state index contributed by atoms with van der Waals surface area (Å²) in [5, 5.41) is 0. The highest BCUT2D eigenvalue weighted by Crippen LogP contribution is 2.37. The number of ether oxygens (including phenoxy) is 2. The van der Waals surface area contributed by atoms with Crippen LogP contribution in [0.1, 0.15) is 60.9 Å². The van der Waals surface area contributed by atoms with Crippen molar-refractivity contribution in [2.75, 3.05) is 39.4 Å². The summed E-state index contributed by atoms with van der Waals surface area (Å²) in [5.74, 6) is -0.141. The molecule has 2 fully saturated rings. The maximum atomic E-state index is 13.3. The van der Waals surface area contributed by atoms with E-state index in [2.05, 4.69) is 9.80 Å². The number of carbonyl (C=O) groups excluding carboxylic acids is 1. The van der Waals surface area contributed by atoms with Gasteiger partial charge in [-0.1, -0.05) is 30.3 Å². The molecule has 1 saturated heterocycles. The molecule has 4 rings (SSSR count). The lowest BCUT2D eigenvalue weighted by Gasteiger charge is -2.44. The second-order valence-corrected chi connectivity index (χ2v) is 10.7. The molecule has 0 spiro atoms. The van der Waals surface area contributed by atoms with E-state index in [9.17, 15) is 31.1 Å². The lowest BCUT2D eigenvalue weighted by molar-refractivity contribution is -0.149.